The van der Waals surface area contributed by atoms with E-state index in [9.17, 15) is 8.42 Å². The lowest BCUT2D eigenvalue weighted by Gasteiger charge is -2.13. The number of ether oxygens (including phenoxy) is 2. The minimum atomic E-state index is -3.70. The fourth-order valence-corrected chi connectivity index (χ4v) is 3.19. The Kier molecular flexibility index (Phi) is 6.58. The van der Waals surface area contributed by atoms with E-state index in [4.69, 9.17) is 26.2 Å². The molecule has 152 valence electrons. The van der Waals surface area contributed by atoms with Gasteiger partial charge in [-0.25, -0.2) is 18.5 Å². The molecule has 29 heavy (non-hydrogen) atoms. The highest BCUT2D eigenvalue weighted by Gasteiger charge is 2.08. The molecule has 0 saturated carbocycles. The van der Waals surface area contributed by atoms with E-state index in [2.05, 4.69) is 10.3 Å². The molecule has 0 saturated heterocycles. The number of hydrogen-bond acceptors (Lipinski definition) is 6. The molecule has 3 rings (SSSR count). The number of pyridine rings is 1. The number of anilines is 1. The third-order valence-electron chi connectivity index (χ3n) is 4.09. The van der Waals surface area contributed by atoms with Crippen LogP contribution in [0.1, 0.15) is 11.1 Å². The summed E-state index contributed by atoms with van der Waals surface area (Å²) in [5, 5.41) is 8.76. The van der Waals surface area contributed by atoms with Gasteiger partial charge in [0.25, 0.3) is 0 Å². The number of rotatable bonds is 8. The normalized spacial score (nSPS) is 11.1. The lowest BCUT2D eigenvalue weighted by molar-refractivity contribution is 0.284. The van der Waals surface area contributed by atoms with Crippen molar-refractivity contribution in [1.29, 1.82) is 0 Å². The third-order valence-corrected chi connectivity index (χ3v) is 5.24. The quantitative estimate of drug-likeness (QED) is 0.526. The van der Waals surface area contributed by atoms with E-state index in [1.54, 1.807) is 31.5 Å². The molecule has 0 aliphatic carbocycles. The second kappa shape index (κ2) is 9.13. The summed E-state index contributed by atoms with van der Waals surface area (Å²) in [4.78, 5) is 4.10. The average Bonchev–Trinajstić information content (AvgIpc) is 2.71. The Morgan fingerprint density at radius 3 is 2.38 bits per heavy atom. The molecule has 2 aromatic carbocycles. The predicted molar refractivity (Wildman–Crippen MR) is 112 cm³/mol. The van der Waals surface area contributed by atoms with Crippen LogP contribution in [-0.4, -0.2) is 20.5 Å². The summed E-state index contributed by atoms with van der Waals surface area (Å²) in [6, 6.07) is 15.4. The highest BCUT2D eigenvalue weighted by atomic mass is 35.5. The fraction of sp³-hybridized carbons (Fsp3) is 0.150. The molecule has 0 atom stereocenters. The van der Waals surface area contributed by atoms with Crippen LogP contribution in [-0.2, 0) is 23.2 Å². The largest absolute Gasteiger partial charge is 0.493 e. The lowest BCUT2D eigenvalue weighted by Crippen LogP contribution is -2.12. The zero-order valence-corrected chi connectivity index (χ0v) is 17.2. The standard InChI is InChI=1S/C20H20ClN3O4S/c1-27-19-10-14(11-23-16-4-6-17(7-5-16)29(22,25)26)2-8-18(19)28-13-15-3-9-20(21)24-12-15/h2-10,12,23H,11,13H2,1H3,(H2,22,25,26). The number of hydrogen-bond donors (Lipinski definition) is 2. The van der Waals surface area contributed by atoms with E-state index in [1.165, 1.54) is 12.1 Å². The lowest BCUT2D eigenvalue weighted by atomic mass is 10.2. The first kappa shape index (κ1) is 20.9. The van der Waals surface area contributed by atoms with Crippen LogP contribution >= 0.6 is 11.6 Å². The Labute approximate surface area is 174 Å². The molecule has 0 radical (unpaired) electrons. The number of nitrogens with zero attached hydrogens (tertiary/aromatic N) is 1. The number of aromatic nitrogens is 1. The molecule has 0 amide bonds. The van der Waals surface area contributed by atoms with Crippen LogP contribution < -0.4 is 19.9 Å². The molecule has 9 heteroatoms. The minimum absolute atomic E-state index is 0.0714. The molecular formula is C20H20ClN3O4S. The molecule has 0 aliphatic heterocycles. The number of primary sulfonamides is 1. The summed E-state index contributed by atoms with van der Waals surface area (Å²) in [5.41, 5.74) is 2.63. The van der Waals surface area contributed by atoms with Gasteiger partial charge < -0.3 is 14.8 Å². The van der Waals surface area contributed by atoms with E-state index in [1.807, 2.05) is 24.3 Å². The Morgan fingerprint density at radius 2 is 1.76 bits per heavy atom. The molecule has 0 fully saturated rings. The zero-order valence-electron chi connectivity index (χ0n) is 15.6. The highest BCUT2D eigenvalue weighted by Crippen LogP contribution is 2.29. The monoisotopic (exact) mass is 433 g/mol. The van der Waals surface area contributed by atoms with Gasteiger partial charge in [-0.05, 0) is 48.0 Å². The number of methoxy groups -OCH3 is 1. The van der Waals surface area contributed by atoms with Crippen LogP contribution in [0.15, 0.2) is 65.7 Å². The number of benzene rings is 2. The molecule has 7 nitrogen and oxygen atoms in total. The van der Waals surface area contributed by atoms with Crippen molar-refractivity contribution in [1.82, 2.24) is 4.98 Å². The number of nitrogens with two attached hydrogens (primary N) is 1. The first-order valence-corrected chi connectivity index (χ1v) is 10.5. The van der Waals surface area contributed by atoms with Crippen molar-refractivity contribution in [3.05, 3.63) is 77.1 Å². The van der Waals surface area contributed by atoms with Gasteiger partial charge >= 0.3 is 0 Å². The number of nitrogens with one attached hydrogen (secondary N) is 1. The Hall–Kier alpha value is -2.81. The van der Waals surface area contributed by atoms with Crippen molar-refractivity contribution in [2.75, 3.05) is 12.4 Å². The summed E-state index contributed by atoms with van der Waals surface area (Å²) in [5.74, 6) is 1.22. The maximum absolute atomic E-state index is 11.3. The summed E-state index contributed by atoms with van der Waals surface area (Å²) in [6.45, 7) is 0.862. The first-order valence-electron chi connectivity index (χ1n) is 8.62. The van der Waals surface area contributed by atoms with Gasteiger partial charge in [-0.1, -0.05) is 23.7 Å². The van der Waals surface area contributed by atoms with Crippen molar-refractivity contribution in [2.24, 2.45) is 5.14 Å². The van der Waals surface area contributed by atoms with Gasteiger partial charge in [0, 0.05) is 24.0 Å². The molecule has 3 N–H and O–H groups in total. The summed E-state index contributed by atoms with van der Waals surface area (Å²) in [7, 11) is -2.12. The maximum atomic E-state index is 11.3. The first-order chi connectivity index (χ1) is 13.8. The number of sulfonamides is 1. The van der Waals surface area contributed by atoms with Crippen molar-refractivity contribution in [2.45, 2.75) is 18.0 Å². The molecule has 0 unspecified atom stereocenters. The van der Waals surface area contributed by atoms with Crippen LogP contribution in [0.2, 0.25) is 5.15 Å². The smallest absolute Gasteiger partial charge is 0.238 e. The van der Waals surface area contributed by atoms with Crippen molar-refractivity contribution in [3.63, 3.8) is 0 Å². The molecule has 3 aromatic rings. The second-order valence-corrected chi connectivity index (χ2v) is 8.13. The molecule has 0 spiro atoms. The predicted octanol–water partition coefficient (Wildman–Crippen LogP) is 3.58. The van der Waals surface area contributed by atoms with Gasteiger partial charge in [0.15, 0.2) is 11.5 Å². The zero-order chi connectivity index (χ0) is 20.9. The average molecular weight is 434 g/mol. The van der Waals surface area contributed by atoms with Gasteiger partial charge in [-0.3, -0.25) is 0 Å². The summed E-state index contributed by atoms with van der Waals surface area (Å²) >= 11 is 5.79. The van der Waals surface area contributed by atoms with E-state index in [0.717, 1.165) is 16.8 Å². The topological polar surface area (TPSA) is 104 Å². The summed E-state index contributed by atoms with van der Waals surface area (Å²) < 4.78 is 33.9. The highest BCUT2D eigenvalue weighted by molar-refractivity contribution is 7.89. The Balaban J connectivity index is 1.63. The SMILES string of the molecule is COc1cc(CNc2ccc(S(N)(=O)=O)cc2)ccc1OCc1ccc(Cl)nc1. The van der Waals surface area contributed by atoms with Gasteiger partial charge in [0.1, 0.15) is 11.8 Å². The third kappa shape index (κ3) is 5.83. The van der Waals surface area contributed by atoms with Crippen LogP contribution in [0.4, 0.5) is 5.69 Å². The van der Waals surface area contributed by atoms with Gasteiger partial charge in [-0.2, -0.15) is 0 Å². The molecule has 1 heterocycles. The van der Waals surface area contributed by atoms with Gasteiger partial charge in [0.05, 0.1) is 12.0 Å². The number of halogens is 1. The van der Waals surface area contributed by atoms with E-state index in [-0.39, 0.29) is 4.90 Å². The van der Waals surface area contributed by atoms with Crippen molar-refractivity contribution >= 4 is 27.3 Å². The van der Waals surface area contributed by atoms with Crippen molar-refractivity contribution < 1.29 is 17.9 Å². The molecule has 1 aromatic heterocycles. The maximum Gasteiger partial charge on any atom is 0.238 e. The van der Waals surface area contributed by atoms with Crippen molar-refractivity contribution in [3.8, 4) is 11.5 Å². The van der Waals surface area contributed by atoms with Crippen LogP contribution in [0, 0.1) is 0 Å². The van der Waals surface area contributed by atoms with E-state index in [0.29, 0.717) is 29.8 Å². The van der Waals surface area contributed by atoms with Gasteiger partial charge in [-0.15, -0.1) is 0 Å². The van der Waals surface area contributed by atoms with Crippen LogP contribution in [0.25, 0.3) is 0 Å². The van der Waals surface area contributed by atoms with Crippen LogP contribution in [0.3, 0.4) is 0 Å². The Morgan fingerprint density at radius 1 is 1.03 bits per heavy atom. The minimum Gasteiger partial charge on any atom is -0.493 e. The van der Waals surface area contributed by atoms with Crippen LogP contribution in [0.5, 0.6) is 11.5 Å². The van der Waals surface area contributed by atoms with E-state index >= 15 is 0 Å². The molecular weight excluding hydrogens is 414 g/mol. The van der Waals surface area contributed by atoms with Gasteiger partial charge in [0.2, 0.25) is 10.0 Å². The fourth-order valence-electron chi connectivity index (χ4n) is 2.56. The van der Waals surface area contributed by atoms with E-state index < -0.39 is 10.0 Å². The Bertz CT molecular complexity index is 1070. The molecule has 0 aliphatic rings. The molecule has 0 bridgehead atoms. The second-order valence-electron chi connectivity index (χ2n) is 6.19. The summed E-state index contributed by atoms with van der Waals surface area (Å²) in [6.07, 6.45) is 1.66.